The van der Waals surface area contributed by atoms with Gasteiger partial charge < -0.3 is 10.2 Å². The molecule has 0 fully saturated rings. The molecular weight excluding hydrogens is 463 g/mol. The summed E-state index contributed by atoms with van der Waals surface area (Å²) in [5, 5.41) is 4.20. The lowest BCUT2D eigenvalue weighted by molar-refractivity contribution is -0.140. The molecule has 1 unspecified atom stereocenters. The van der Waals surface area contributed by atoms with Crippen LogP contribution in [0.3, 0.4) is 0 Å². The molecule has 0 spiro atoms. The first kappa shape index (κ1) is 26.6. The predicted octanol–water partition coefficient (Wildman–Crippen LogP) is 6.26. The van der Waals surface area contributed by atoms with Crippen molar-refractivity contribution in [1.29, 1.82) is 0 Å². The van der Waals surface area contributed by atoms with E-state index in [0.29, 0.717) is 28.8 Å². The molecule has 0 saturated heterocycles. The van der Waals surface area contributed by atoms with Gasteiger partial charge in [0.2, 0.25) is 11.8 Å². The number of nitrogens with one attached hydrogen (secondary N) is 1. The first-order valence-corrected chi connectivity index (χ1v) is 12.6. The Morgan fingerprint density at radius 2 is 1.66 bits per heavy atom. The van der Waals surface area contributed by atoms with Crippen LogP contribution in [0.4, 0.5) is 0 Å². The Morgan fingerprint density at radius 3 is 2.19 bits per heavy atom. The molecule has 4 nitrogen and oxygen atoms in total. The van der Waals surface area contributed by atoms with E-state index < -0.39 is 6.04 Å². The smallest absolute Gasteiger partial charge is 0.243 e. The Kier molecular flexibility index (Phi) is 9.93. The summed E-state index contributed by atoms with van der Waals surface area (Å²) in [7, 11) is 0. The molecule has 0 saturated carbocycles. The number of amides is 2. The topological polar surface area (TPSA) is 49.4 Å². The minimum absolute atomic E-state index is 0.0883. The maximum Gasteiger partial charge on any atom is 0.243 e. The summed E-state index contributed by atoms with van der Waals surface area (Å²) < 4.78 is 0. The van der Waals surface area contributed by atoms with Gasteiger partial charge in [0, 0.05) is 27.9 Å². The molecule has 32 heavy (non-hydrogen) atoms. The van der Waals surface area contributed by atoms with Gasteiger partial charge in [-0.1, -0.05) is 66.0 Å². The Balaban J connectivity index is 2.18. The van der Waals surface area contributed by atoms with Crippen LogP contribution in [-0.4, -0.2) is 34.0 Å². The lowest BCUT2D eigenvalue weighted by Crippen LogP contribution is -2.53. The Morgan fingerprint density at radius 1 is 1.06 bits per heavy atom. The third-order valence-electron chi connectivity index (χ3n) is 4.89. The summed E-state index contributed by atoms with van der Waals surface area (Å²) in [5.41, 5.74) is 2.58. The van der Waals surface area contributed by atoms with Crippen molar-refractivity contribution in [3.8, 4) is 0 Å². The second-order valence-electron chi connectivity index (χ2n) is 8.86. The monoisotopic (exact) mass is 494 g/mol. The van der Waals surface area contributed by atoms with Crippen molar-refractivity contribution < 1.29 is 9.59 Å². The highest BCUT2D eigenvalue weighted by atomic mass is 35.5. The number of nitrogens with zero attached hydrogens (tertiary/aromatic N) is 1. The van der Waals surface area contributed by atoms with Crippen LogP contribution < -0.4 is 5.32 Å². The highest BCUT2D eigenvalue weighted by Gasteiger charge is 2.30. The zero-order valence-corrected chi connectivity index (χ0v) is 21.7. The maximum absolute atomic E-state index is 13.3. The van der Waals surface area contributed by atoms with E-state index in [-0.39, 0.29) is 23.1 Å². The van der Waals surface area contributed by atoms with Crippen molar-refractivity contribution in [3.05, 3.63) is 69.2 Å². The number of hydrogen-bond donors (Lipinski definition) is 1. The molecule has 2 rings (SSSR count). The minimum atomic E-state index is -0.549. The molecule has 0 aliphatic carbocycles. The molecule has 1 atom stereocenters. The molecule has 0 heterocycles. The van der Waals surface area contributed by atoms with Crippen LogP contribution in [0.25, 0.3) is 0 Å². The van der Waals surface area contributed by atoms with E-state index in [1.165, 1.54) is 11.8 Å². The van der Waals surface area contributed by atoms with Crippen LogP contribution in [0, 0.1) is 6.92 Å². The Hall–Kier alpha value is -1.69. The lowest BCUT2D eigenvalue weighted by Gasteiger charge is -2.33. The van der Waals surface area contributed by atoms with Gasteiger partial charge in [0.1, 0.15) is 6.04 Å². The van der Waals surface area contributed by atoms with Crippen LogP contribution in [0.2, 0.25) is 10.0 Å². The van der Waals surface area contributed by atoms with Crippen LogP contribution in [0.5, 0.6) is 0 Å². The summed E-state index contributed by atoms with van der Waals surface area (Å²) in [4.78, 5) is 28.0. The number of aryl methyl sites for hydroxylation is 1. The molecule has 2 amide bonds. The second kappa shape index (κ2) is 12.0. The van der Waals surface area contributed by atoms with Crippen LogP contribution in [-0.2, 0) is 21.9 Å². The van der Waals surface area contributed by atoms with E-state index in [1.54, 1.807) is 23.1 Å². The highest BCUT2D eigenvalue weighted by Crippen LogP contribution is 2.28. The summed E-state index contributed by atoms with van der Waals surface area (Å²) in [6.45, 7) is 10.1. The SMILES string of the molecule is CCC(C(=O)NC(C)(C)C)N(Cc1ccc(C)cc1)C(=O)CSCc1c(Cl)cccc1Cl. The van der Waals surface area contributed by atoms with Crippen molar-refractivity contribution in [2.75, 3.05) is 5.75 Å². The van der Waals surface area contributed by atoms with Gasteiger partial charge in [0.25, 0.3) is 0 Å². The fourth-order valence-electron chi connectivity index (χ4n) is 3.26. The van der Waals surface area contributed by atoms with Crippen molar-refractivity contribution in [2.45, 2.75) is 64.9 Å². The molecule has 2 aromatic rings. The third-order valence-corrected chi connectivity index (χ3v) is 6.54. The fraction of sp³-hybridized carbons (Fsp3) is 0.440. The van der Waals surface area contributed by atoms with Crippen molar-refractivity contribution in [1.82, 2.24) is 10.2 Å². The number of carbonyl (C=O) groups excluding carboxylic acids is 2. The molecule has 7 heteroatoms. The van der Waals surface area contributed by atoms with E-state index in [0.717, 1.165) is 16.7 Å². The Labute approximate surface area is 206 Å². The quantitative estimate of drug-likeness (QED) is 0.447. The van der Waals surface area contributed by atoms with Gasteiger partial charge >= 0.3 is 0 Å². The van der Waals surface area contributed by atoms with Gasteiger partial charge in [0.05, 0.1) is 5.75 Å². The first-order valence-electron chi connectivity index (χ1n) is 10.7. The number of benzene rings is 2. The Bertz CT molecular complexity index is 906. The molecule has 0 bridgehead atoms. The van der Waals surface area contributed by atoms with Gasteiger partial charge in [-0.15, -0.1) is 11.8 Å². The number of halogens is 2. The van der Waals surface area contributed by atoms with Gasteiger partial charge in [-0.3, -0.25) is 9.59 Å². The van der Waals surface area contributed by atoms with Crippen LogP contribution >= 0.6 is 35.0 Å². The predicted molar refractivity (Wildman–Crippen MR) is 136 cm³/mol. The van der Waals surface area contributed by atoms with Crippen molar-refractivity contribution >= 4 is 46.8 Å². The molecule has 0 aromatic heterocycles. The molecular formula is C25H32Cl2N2O2S. The normalized spacial score (nSPS) is 12.3. The number of thioether (sulfide) groups is 1. The standard InChI is InChI=1S/C25H32Cl2N2O2S/c1-6-22(24(31)28-25(3,4)5)29(14-18-12-10-17(2)11-13-18)23(30)16-32-15-19-20(26)8-7-9-21(19)27/h7-13,22H,6,14-16H2,1-5H3,(H,28,31). The average molecular weight is 496 g/mol. The molecule has 0 aliphatic heterocycles. The summed E-state index contributed by atoms with van der Waals surface area (Å²) in [5.74, 6) is 0.523. The number of hydrogen-bond acceptors (Lipinski definition) is 3. The van der Waals surface area contributed by atoms with Gasteiger partial charge in [-0.2, -0.15) is 0 Å². The fourth-order valence-corrected chi connectivity index (χ4v) is 4.90. The number of rotatable bonds is 9. The summed E-state index contributed by atoms with van der Waals surface area (Å²) >= 11 is 14.0. The average Bonchev–Trinajstić information content (AvgIpc) is 2.70. The minimum Gasteiger partial charge on any atom is -0.350 e. The molecule has 0 aliphatic rings. The van der Waals surface area contributed by atoms with Gasteiger partial charge in [0.15, 0.2) is 0 Å². The zero-order valence-electron chi connectivity index (χ0n) is 19.4. The molecule has 2 aromatic carbocycles. The van der Waals surface area contributed by atoms with E-state index in [4.69, 9.17) is 23.2 Å². The van der Waals surface area contributed by atoms with Gasteiger partial charge in [-0.05, 0) is 57.4 Å². The lowest BCUT2D eigenvalue weighted by atomic mass is 10.1. The van der Waals surface area contributed by atoms with E-state index in [9.17, 15) is 9.59 Å². The summed E-state index contributed by atoms with van der Waals surface area (Å²) in [6.07, 6.45) is 0.528. The number of carbonyl (C=O) groups is 2. The third kappa shape index (κ3) is 8.02. The van der Waals surface area contributed by atoms with Gasteiger partial charge in [-0.25, -0.2) is 0 Å². The zero-order chi connectivity index (χ0) is 23.9. The molecule has 174 valence electrons. The largest absolute Gasteiger partial charge is 0.350 e. The van der Waals surface area contributed by atoms with E-state index in [2.05, 4.69) is 5.32 Å². The van der Waals surface area contributed by atoms with Crippen LogP contribution in [0.15, 0.2) is 42.5 Å². The second-order valence-corrected chi connectivity index (χ2v) is 10.7. The first-order chi connectivity index (χ1) is 15.0. The summed E-state index contributed by atoms with van der Waals surface area (Å²) in [6, 6.07) is 12.9. The van der Waals surface area contributed by atoms with Crippen molar-refractivity contribution in [3.63, 3.8) is 0 Å². The highest BCUT2D eigenvalue weighted by molar-refractivity contribution is 7.99. The van der Waals surface area contributed by atoms with E-state index >= 15 is 0 Å². The van der Waals surface area contributed by atoms with Crippen LogP contribution in [0.1, 0.15) is 50.8 Å². The molecule has 1 N–H and O–H groups in total. The maximum atomic E-state index is 13.3. The van der Waals surface area contributed by atoms with E-state index in [1.807, 2.05) is 58.9 Å². The van der Waals surface area contributed by atoms with Crippen molar-refractivity contribution in [2.24, 2.45) is 0 Å². The molecule has 0 radical (unpaired) electrons.